The first-order valence-corrected chi connectivity index (χ1v) is 9.51. The fourth-order valence-corrected chi connectivity index (χ4v) is 4.19. The number of pyridine rings is 1. The zero-order valence-corrected chi connectivity index (χ0v) is 15.2. The molecule has 1 aliphatic carbocycles. The molecular formula is C20H31N3O. The lowest BCUT2D eigenvalue weighted by Gasteiger charge is -2.39. The van der Waals surface area contributed by atoms with Gasteiger partial charge in [-0.2, -0.15) is 0 Å². The highest BCUT2D eigenvalue weighted by atomic mass is 16.2. The predicted octanol–water partition coefficient (Wildman–Crippen LogP) is 3.33. The van der Waals surface area contributed by atoms with Crippen molar-refractivity contribution >= 4 is 5.91 Å². The molecule has 1 aromatic heterocycles. The fourth-order valence-electron chi connectivity index (χ4n) is 4.19. The predicted molar refractivity (Wildman–Crippen MR) is 96.4 cm³/mol. The van der Waals surface area contributed by atoms with Gasteiger partial charge in [0.05, 0.1) is 0 Å². The van der Waals surface area contributed by atoms with E-state index >= 15 is 0 Å². The van der Waals surface area contributed by atoms with Crippen LogP contribution in [0.15, 0.2) is 24.5 Å². The third-order valence-electron chi connectivity index (χ3n) is 5.95. The second-order valence-corrected chi connectivity index (χ2v) is 7.77. The van der Waals surface area contributed by atoms with E-state index < -0.39 is 0 Å². The number of likely N-dealkylation sites (tertiary alicyclic amines) is 1. The first kappa shape index (κ1) is 17.4. The van der Waals surface area contributed by atoms with Crippen molar-refractivity contribution in [1.29, 1.82) is 0 Å². The van der Waals surface area contributed by atoms with Crippen LogP contribution >= 0.6 is 0 Å². The molecule has 1 aliphatic heterocycles. The summed E-state index contributed by atoms with van der Waals surface area (Å²) in [7, 11) is 2.03. The number of nitrogens with zero attached hydrogens (tertiary/aromatic N) is 3. The van der Waals surface area contributed by atoms with Crippen molar-refractivity contribution in [3.05, 3.63) is 30.1 Å². The summed E-state index contributed by atoms with van der Waals surface area (Å²) in [6, 6.07) is 4.56. The maximum Gasteiger partial charge on any atom is 0.225 e. The van der Waals surface area contributed by atoms with Gasteiger partial charge in [-0.25, -0.2) is 0 Å². The van der Waals surface area contributed by atoms with Gasteiger partial charge in [0.15, 0.2) is 0 Å². The highest BCUT2D eigenvalue weighted by Gasteiger charge is 2.31. The first-order valence-electron chi connectivity index (χ1n) is 9.51. The van der Waals surface area contributed by atoms with Crippen LogP contribution in [0.3, 0.4) is 0 Å². The van der Waals surface area contributed by atoms with E-state index in [-0.39, 0.29) is 5.92 Å². The summed E-state index contributed by atoms with van der Waals surface area (Å²) in [5.74, 6) is 1.47. The Hall–Kier alpha value is -1.42. The maximum atomic E-state index is 12.8. The molecule has 0 aromatic carbocycles. The van der Waals surface area contributed by atoms with Crippen LogP contribution in [0.2, 0.25) is 0 Å². The van der Waals surface area contributed by atoms with Gasteiger partial charge in [0.1, 0.15) is 0 Å². The van der Waals surface area contributed by atoms with E-state index in [1.165, 1.54) is 18.4 Å². The normalized spacial score (nSPS) is 26.2. The molecule has 2 heterocycles. The minimum atomic E-state index is 0.277. The Labute approximate surface area is 146 Å². The van der Waals surface area contributed by atoms with Crippen molar-refractivity contribution in [3.63, 3.8) is 0 Å². The second kappa shape index (κ2) is 8.11. The molecule has 1 amide bonds. The Morgan fingerprint density at radius 3 is 2.54 bits per heavy atom. The van der Waals surface area contributed by atoms with Gasteiger partial charge in [0.2, 0.25) is 5.91 Å². The number of hydrogen-bond acceptors (Lipinski definition) is 3. The van der Waals surface area contributed by atoms with Crippen molar-refractivity contribution in [2.24, 2.45) is 11.8 Å². The maximum absolute atomic E-state index is 12.8. The summed E-state index contributed by atoms with van der Waals surface area (Å²) in [5.41, 5.74) is 1.27. The Bertz CT molecular complexity index is 517. The molecule has 2 fully saturated rings. The molecule has 1 aromatic rings. The van der Waals surface area contributed by atoms with E-state index in [1.54, 1.807) is 0 Å². The summed E-state index contributed by atoms with van der Waals surface area (Å²) < 4.78 is 0. The lowest BCUT2D eigenvalue weighted by Crippen LogP contribution is -2.47. The van der Waals surface area contributed by atoms with Crippen LogP contribution in [0.5, 0.6) is 0 Å². The fraction of sp³-hybridized carbons (Fsp3) is 0.700. The van der Waals surface area contributed by atoms with Gasteiger partial charge >= 0.3 is 0 Å². The Morgan fingerprint density at radius 2 is 1.92 bits per heavy atom. The molecule has 3 rings (SSSR count). The third kappa shape index (κ3) is 4.35. The summed E-state index contributed by atoms with van der Waals surface area (Å²) in [5, 5.41) is 0. The molecule has 0 spiro atoms. The Balaban J connectivity index is 1.46. The third-order valence-corrected chi connectivity index (χ3v) is 5.95. The molecule has 1 saturated carbocycles. The van der Waals surface area contributed by atoms with Gasteiger partial charge in [-0.3, -0.25) is 14.7 Å². The van der Waals surface area contributed by atoms with Crippen molar-refractivity contribution in [3.8, 4) is 0 Å². The van der Waals surface area contributed by atoms with Gasteiger partial charge in [-0.05, 0) is 56.1 Å². The Morgan fingerprint density at radius 1 is 1.21 bits per heavy atom. The topological polar surface area (TPSA) is 36.4 Å². The van der Waals surface area contributed by atoms with Gasteiger partial charge in [0.25, 0.3) is 0 Å². The molecule has 4 nitrogen and oxygen atoms in total. The number of carbonyl (C=O) groups excluding carboxylic acids is 1. The molecule has 132 valence electrons. The molecule has 0 atom stereocenters. The van der Waals surface area contributed by atoms with Crippen LogP contribution in [0.25, 0.3) is 0 Å². The van der Waals surface area contributed by atoms with Gasteiger partial charge in [0, 0.05) is 51.0 Å². The van der Waals surface area contributed by atoms with Crippen LogP contribution in [-0.2, 0) is 11.3 Å². The lowest BCUT2D eigenvalue weighted by atomic mass is 9.82. The average Bonchev–Trinajstić information content (AvgIpc) is 2.63. The molecule has 0 bridgehead atoms. The van der Waals surface area contributed by atoms with E-state index in [4.69, 9.17) is 0 Å². The molecule has 0 N–H and O–H groups in total. The van der Waals surface area contributed by atoms with Gasteiger partial charge in [-0.1, -0.05) is 13.0 Å². The zero-order chi connectivity index (χ0) is 16.9. The second-order valence-electron chi connectivity index (χ2n) is 7.77. The number of amides is 1. The summed E-state index contributed by atoms with van der Waals surface area (Å²) in [6.07, 6.45) is 10.6. The highest BCUT2D eigenvalue weighted by molar-refractivity contribution is 5.79. The smallest absolute Gasteiger partial charge is 0.225 e. The molecule has 0 unspecified atom stereocenters. The van der Waals surface area contributed by atoms with Crippen LogP contribution in [0.1, 0.15) is 51.0 Å². The molecular weight excluding hydrogens is 298 g/mol. The monoisotopic (exact) mass is 329 g/mol. The largest absolute Gasteiger partial charge is 0.342 e. The minimum Gasteiger partial charge on any atom is -0.342 e. The van der Waals surface area contributed by atoms with Gasteiger partial charge < -0.3 is 4.90 Å². The lowest BCUT2D eigenvalue weighted by molar-refractivity contribution is -0.138. The standard InChI is InChI=1S/C20H31N3O/c1-16-5-7-18(8-6-16)20(24)22(2)19-9-12-23(13-10-19)15-17-4-3-11-21-14-17/h3-4,11,14,16,18-19H,5-10,12-13,15H2,1-2H3. The van der Waals surface area contributed by atoms with E-state index in [0.717, 1.165) is 51.2 Å². The van der Waals surface area contributed by atoms with Crippen molar-refractivity contribution in [2.45, 2.75) is 58.0 Å². The molecule has 4 heteroatoms. The van der Waals surface area contributed by atoms with Crippen LogP contribution in [0, 0.1) is 11.8 Å². The van der Waals surface area contributed by atoms with E-state index in [0.29, 0.717) is 11.9 Å². The minimum absolute atomic E-state index is 0.277. The molecule has 1 saturated heterocycles. The molecule has 2 aliphatic rings. The van der Waals surface area contributed by atoms with Crippen molar-refractivity contribution in [1.82, 2.24) is 14.8 Å². The first-order chi connectivity index (χ1) is 11.6. The summed E-state index contributed by atoms with van der Waals surface area (Å²) in [4.78, 5) is 21.5. The van der Waals surface area contributed by atoms with E-state index in [1.807, 2.05) is 25.5 Å². The van der Waals surface area contributed by atoms with Crippen molar-refractivity contribution < 1.29 is 4.79 Å². The Kier molecular flexibility index (Phi) is 5.88. The molecule has 24 heavy (non-hydrogen) atoms. The van der Waals surface area contributed by atoms with Crippen LogP contribution in [-0.4, -0.2) is 46.9 Å². The SMILES string of the molecule is CC1CCC(C(=O)N(C)C2CCN(Cc3cccnc3)CC2)CC1. The average molecular weight is 329 g/mol. The van der Waals surface area contributed by atoms with Crippen molar-refractivity contribution in [2.75, 3.05) is 20.1 Å². The molecule has 0 radical (unpaired) electrons. The summed E-state index contributed by atoms with van der Waals surface area (Å²) >= 11 is 0. The number of hydrogen-bond donors (Lipinski definition) is 0. The summed E-state index contributed by atoms with van der Waals surface area (Å²) in [6.45, 7) is 5.42. The van der Waals surface area contributed by atoms with E-state index in [2.05, 4.69) is 27.8 Å². The quantitative estimate of drug-likeness (QED) is 0.850. The number of rotatable bonds is 4. The van der Waals surface area contributed by atoms with Crippen LogP contribution < -0.4 is 0 Å². The highest BCUT2D eigenvalue weighted by Crippen LogP contribution is 2.30. The van der Waals surface area contributed by atoms with E-state index in [9.17, 15) is 4.79 Å². The van der Waals surface area contributed by atoms with Crippen LogP contribution in [0.4, 0.5) is 0 Å². The number of aromatic nitrogens is 1. The zero-order valence-electron chi connectivity index (χ0n) is 15.2. The van der Waals surface area contributed by atoms with Gasteiger partial charge in [-0.15, -0.1) is 0 Å². The number of piperidine rings is 1. The number of carbonyl (C=O) groups is 1.